The van der Waals surface area contributed by atoms with Crippen LogP contribution in [0.2, 0.25) is 0 Å². The van der Waals surface area contributed by atoms with Crippen LogP contribution in [0.4, 0.5) is 17.6 Å². The number of hydrogen-bond acceptors (Lipinski definition) is 3. The molecule has 0 unspecified atom stereocenters. The molecule has 1 aromatic rings. The molecule has 0 saturated carbocycles. The van der Waals surface area contributed by atoms with Crippen molar-refractivity contribution in [3.63, 3.8) is 0 Å². The van der Waals surface area contributed by atoms with Crippen LogP contribution in [-0.2, 0) is 11.3 Å². The second kappa shape index (κ2) is 6.74. The summed E-state index contributed by atoms with van der Waals surface area (Å²) in [6.45, 7) is -0.968. The van der Waals surface area contributed by atoms with Gasteiger partial charge >= 0.3 is 6.18 Å². The van der Waals surface area contributed by atoms with Crippen molar-refractivity contribution in [2.24, 2.45) is 0 Å². The molecule has 1 fully saturated rings. The van der Waals surface area contributed by atoms with E-state index in [2.05, 4.69) is 0 Å². The van der Waals surface area contributed by atoms with Gasteiger partial charge in [0.25, 0.3) is 0 Å². The van der Waals surface area contributed by atoms with Crippen LogP contribution < -0.4 is 4.74 Å². The molecule has 23 heavy (non-hydrogen) atoms. The second-order valence-electron chi connectivity index (χ2n) is 5.55. The maximum atomic E-state index is 13.4. The van der Waals surface area contributed by atoms with Gasteiger partial charge in [-0.25, -0.2) is 4.39 Å². The molecular weight excluding hydrogens is 316 g/mol. The number of likely N-dealkylation sites (N-methyl/N-ethyl adjacent to an activating group) is 1. The first-order valence-corrected chi connectivity index (χ1v) is 7.09. The summed E-state index contributed by atoms with van der Waals surface area (Å²) in [7, 11) is 3.08. The molecule has 1 aromatic carbocycles. The molecule has 0 spiro atoms. The van der Waals surface area contributed by atoms with Crippen molar-refractivity contribution in [1.82, 2.24) is 9.80 Å². The molecule has 2 rings (SSSR count). The largest absolute Gasteiger partial charge is 0.496 e. The first kappa shape index (κ1) is 17.5. The Labute approximate surface area is 131 Å². The summed E-state index contributed by atoms with van der Waals surface area (Å²) in [4.78, 5) is 14.5. The lowest BCUT2D eigenvalue weighted by Crippen LogP contribution is -2.42. The zero-order valence-electron chi connectivity index (χ0n) is 12.9. The first-order valence-electron chi connectivity index (χ1n) is 7.09. The highest BCUT2D eigenvalue weighted by Crippen LogP contribution is 2.26. The number of ether oxygens (including phenoxy) is 1. The fraction of sp³-hybridized carbons (Fsp3) is 0.533. The molecule has 0 radical (unpaired) electrons. The van der Waals surface area contributed by atoms with Crippen LogP contribution >= 0.6 is 0 Å². The van der Waals surface area contributed by atoms with E-state index in [-0.39, 0.29) is 13.1 Å². The van der Waals surface area contributed by atoms with E-state index in [1.807, 2.05) is 0 Å². The number of rotatable bonds is 5. The van der Waals surface area contributed by atoms with Gasteiger partial charge in [-0.3, -0.25) is 9.69 Å². The molecule has 0 aromatic heterocycles. The van der Waals surface area contributed by atoms with Gasteiger partial charge in [0.05, 0.1) is 13.2 Å². The maximum absolute atomic E-state index is 13.4. The smallest absolute Gasteiger partial charge is 0.406 e. The van der Waals surface area contributed by atoms with Crippen molar-refractivity contribution in [2.45, 2.75) is 25.2 Å². The van der Waals surface area contributed by atoms with Gasteiger partial charge < -0.3 is 9.64 Å². The van der Waals surface area contributed by atoms with Crippen LogP contribution in [0.25, 0.3) is 0 Å². The van der Waals surface area contributed by atoms with E-state index in [9.17, 15) is 22.4 Å². The van der Waals surface area contributed by atoms with Gasteiger partial charge in [0.1, 0.15) is 18.1 Å². The van der Waals surface area contributed by atoms with E-state index in [1.165, 1.54) is 25.3 Å². The van der Waals surface area contributed by atoms with Crippen molar-refractivity contribution in [1.29, 1.82) is 0 Å². The molecule has 1 atom stereocenters. The van der Waals surface area contributed by atoms with Crippen LogP contribution in [-0.4, -0.2) is 55.2 Å². The Morgan fingerprint density at radius 1 is 1.39 bits per heavy atom. The number of carbonyl (C=O) groups excluding carboxylic acids is 1. The number of amides is 1. The van der Waals surface area contributed by atoms with Crippen molar-refractivity contribution >= 4 is 5.91 Å². The van der Waals surface area contributed by atoms with E-state index < -0.39 is 30.5 Å². The normalized spacial score (nSPS) is 18.8. The van der Waals surface area contributed by atoms with Gasteiger partial charge in [0.15, 0.2) is 0 Å². The number of nitrogens with zero attached hydrogens (tertiary/aromatic N) is 2. The third-order valence-electron chi connectivity index (χ3n) is 3.83. The Morgan fingerprint density at radius 2 is 2.09 bits per heavy atom. The third-order valence-corrected chi connectivity index (χ3v) is 3.83. The molecule has 1 aliphatic heterocycles. The molecule has 4 nitrogen and oxygen atoms in total. The number of carbonyl (C=O) groups is 1. The van der Waals surface area contributed by atoms with Gasteiger partial charge in [-0.15, -0.1) is 0 Å². The van der Waals surface area contributed by atoms with Crippen LogP contribution in [0.1, 0.15) is 12.0 Å². The minimum atomic E-state index is -4.41. The SMILES string of the molecule is COc1ccc(F)cc1CN(C)[C@H]1CCN(CC(F)(F)F)C1=O. The lowest BCUT2D eigenvalue weighted by Gasteiger charge is -2.25. The molecular formula is C15H18F4N2O2. The third kappa shape index (κ3) is 4.34. The molecule has 0 aliphatic carbocycles. The van der Waals surface area contributed by atoms with Crippen LogP contribution in [0.3, 0.4) is 0 Å². The van der Waals surface area contributed by atoms with E-state index in [0.29, 0.717) is 17.7 Å². The van der Waals surface area contributed by atoms with E-state index in [0.717, 1.165) is 4.90 Å². The lowest BCUT2D eigenvalue weighted by atomic mass is 10.1. The topological polar surface area (TPSA) is 32.8 Å². The number of hydrogen-bond donors (Lipinski definition) is 0. The monoisotopic (exact) mass is 334 g/mol. The second-order valence-corrected chi connectivity index (χ2v) is 5.55. The number of alkyl halides is 3. The summed E-state index contributed by atoms with van der Waals surface area (Å²) in [6, 6.07) is 3.38. The summed E-state index contributed by atoms with van der Waals surface area (Å²) in [5.74, 6) is -0.526. The summed E-state index contributed by atoms with van der Waals surface area (Å²) in [5.41, 5.74) is 0.539. The molecule has 0 N–H and O–H groups in total. The minimum Gasteiger partial charge on any atom is -0.496 e. The Balaban J connectivity index is 2.06. The maximum Gasteiger partial charge on any atom is 0.406 e. The van der Waals surface area contributed by atoms with Crippen LogP contribution in [0, 0.1) is 5.82 Å². The van der Waals surface area contributed by atoms with Gasteiger partial charge in [0, 0.05) is 18.7 Å². The zero-order valence-corrected chi connectivity index (χ0v) is 12.9. The highest BCUT2D eigenvalue weighted by atomic mass is 19.4. The van der Waals surface area contributed by atoms with Gasteiger partial charge in [-0.05, 0) is 31.7 Å². The van der Waals surface area contributed by atoms with Crippen LogP contribution in [0.15, 0.2) is 18.2 Å². The van der Waals surface area contributed by atoms with Crippen molar-refractivity contribution < 1.29 is 27.1 Å². The fourth-order valence-corrected chi connectivity index (χ4v) is 2.75. The molecule has 0 bridgehead atoms. The van der Waals surface area contributed by atoms with E-state index >= 15 is 0 Å². The van der Waals surface area contributed by atoms with E-state index in [1.54, 1.807) is 11.9 Å². The van der Waals surface area contributed by atoms with Crippen molar-refractivity contribution in [3.05, 3.63) is 29.6 Å². The average molecular weight is 334 g/mol. The zero-order chi connectivity index (χ0) is 17.2. The highest BCUT2D eigenvalue weighted by molar-refractivity contribution is 5.84. The number of benzene rings is 1. The number of halogens is 4. The Morgan fingerprint density at radius 3 is 2.70 bits per heavy atom. The molecule has 8 heteroatoms. The summed E-state index contributed by atoms with van der Waals surface area (Å²) in [6.07, 6.45) is -4.10. The average Bonchev–Trinajstić information content (AvgIpc) is 2.78. The number of likely N-dealkylation sites (tertiary alicyclic amines) is 1. The summed E-state index contributed by atoms with van der Waals surface area (Å²) in [5, 5.41) is 0. The van der Waals surface area contributed by atoms with Gasteiger partial charge in [-0.1, -0.05) is 0 Å². The Bertz CT molecular complexity index is 577. The minimum absolute atomic E-state index is 0.0631. The van der Waals surface area contributed by atoms with Gasteiger partial charge in [-0.2, -0.15) is 13.2 Å². The Kier molecular flexibility index (Phi) is 5.13. The quantitative estimate of drug-likeness (QED) is 0.776. The highest BCUT2D eigenvalue weighted by Gasteiger charge is 2.40. The van der Waals surface area contributed by atoms with Crippen molar-refractivity contribution in [3.8, 4) is 5.75 Å². The summed E-state index contributed by atoms with van der Waals surface area (Å²) >= 11 is 0. The predicted octanol–water partition coefficient (Wildman–Crippen LogP) is 2.43. The first-order chi connectivity index (χ1) is 10.7. The summed E-state index contributed by atoms with van der Waals surface area (Å²) < 4.78 is 55.8. The molecule has 1 heterocycles. The molecule has 128 valence electrons. The van der Waals surface area contributed by atoms with E-state index in [4.69, 9.17) is 4.74 Å². The van der Waals surface area contributed by atoms with Gasteiger partial charge in [0.2, 0.25) is 5.91 Å². The number of methoxy groups -OCH3 is 1. The fourth-order valence-electron chi connectivity index (χ4n) is 2.75. The molecule has 1 saturated heterocycles. The molecule has 1 amide bonds. The van der Waals surface area contributed by atoms with Crippen molar-refractivity contribution in [2.75, 3.05) is 27.2 Å². The van der Waals surface area contributed by atoms with Crippen LogP contribution in [0.5, 0.6) is 5.75 Å². The molecule has 1 aliphatic rings. The predicted molar refractivity (Wildman–Crippen MR) is 75.5 cm³/mol. The lowest BCUT2D eigenvalue weighted by molar-refractivity contribution is -0.159. The Hall–Kier alpha value is -1.83. The standard InChI is InChI=1S/C15H18F4N2O2/c1-20(8-10-7-11(16)3-4-13(10)23-2)12-5-6-21(14(12)22)9-15(17,18)19/h3-4,7,12H,5-6,8-9H2,1-2H3/t12-/m0/s1.